The van der Waals surface area contributed by atoms with Gasteiger partial charge in [-0.05, 0) is 12.8 Å². The van der Waals surface area contributed by atoms with Crippen molar-refractivity contribution in [2.24, 2.45) is 0 Å². The van der Waals surface area contributed by atoms with Gasteiger partial charge >= 0.3 is 0 Å². The van der Waals surface area contributed by atoms with Gasteiger partial charge in [0.25, 0.3) is 0 Å². The Morgan fingerprint density at radius 3 is 1.70 bits per heavy atom. The average Bonchev–Trinajstić information content (AvgIpc) is 1.97. The highest BCUT2D eigenvalue weighted by atomic mass is 16.5. The molecule has 0 saturated heterocycles. The van der Waals surface area contributed by atoms with Gasteiger partial charge in [-0.1, -0.05) is 26.7 Å². The Morgan fingerprint density at radius 1 is 1.00 bits per heavy atom. The lowest BCUT2D eigenvalue weighted by Crippen LogP contribution is -2.21. The van der Waals surface area contributed by atoms with Gasteiger partial charge < -0.3 is 5.21 Å². The maximum Gasteiger partial charge on any atom is 0.0238 e. The molecule has 0 fully saturated rings. The first kappa shape index (κ1) is 9.92. The third-order valence-electron chi connectivity index (χ3n) is 1.54. The number of rotatable bonds is 6. The lowest BCUT2D eigenvalue weighted by atomic mass is 10.3. The normalized spacial score (nSPS) is 10.8. The molecule has 0 radical (unpaired) electrons. The van der Waals surface area contributed by atoms with Gasteiger partial charge in [0, 0.05) is 13.1 Å². The van der Waals surface area contributed by atoms with Gasteiger partial charge in [0.15, 0.2) is 0 Å². The number of hydrogen-bond donors (Lipinski definition) is 1. The Balaban J connectivity index is 3.00. The Bertz CT molecular complexity index is 58.3. The van der Waals surface area contributed by atoms with Crippen LogP contribution in [0.5, 0.6) is 0 Å². The van der Waals surface area contributed by atoms with Crippen molar-refractivity contribution in [3.05, 3.63) is 0 Å². The topological polar surface area (TPSA) is 23.5 Å². The van der Waals surface area contributed by atoms with Gasteiger partial charge in [-0.2, -0.15) is 5.06 Å². The van der Waals surface area contributed by atoms with E-state index in [0.717, 1.165) is 38.8 Å². The molecule has 0 spiro atoms. The molecule has 2 nitrogen and oxygen atoms in total. The summed E-state index contributed by atoms with van der Waals surface area (Å²) in [5.41, 5.74) is 0. The molecular weight excluding hydrogens is 126 g/mol. The lowest BCUT2D eigenvalue weighted by Gasteiger charge is -2.12. The van der Waals surface area contributed by atoms with E-state index >= 15 is 0 Å². The Morgan fingerprint density at radius 2 is 1.40 bits per heavy atom. The van der Waals surface area contributed by atoms with Crippen molar-refractivity contribution in [1.82, 2.24) is 5.06 Å². The van der Waals surface area contributed by atoms with Gasteiger partial charge in [0.2, 0.25) is 0 Å². The van der Waals surface area contributed by atoms with Crippen LogP contribution < -0.4 is 0 Å². The molecule has 0 aliphatic carbocycles. The summed E-state index contributed by atoms with van der Waals surface area (Å²) >= 11 is 0. The quantitative estimate of drug-likeness (QED) is 0.579. The van der Waals surface area contributed by atoms with Crippen LogP contribution in [0, 0.1) is 0 Å². The van der Waals surface area contributed by atoms with Crippen molar-refractivity contribution in [3.8, 4) is 0 Å². The molecule has 1 N–H and O–H groups in total. The average molecular weight is 145 g/mol. The summed E-state index contributed by atoms with van der Waals surface area (Å²) in [5, 5.41) is 10.6. The zero-order valence-electron chi connectivity index (χ0n) is 7.14. The number of nitrogens with zero attached hydrogens (tertiary/aromatic N) is 1. The van der Waals surface area contributed by atoms with Crippen molar-refractivity contribution in [1.29, 1.82) is 0 Å². The molecule has 0 aromatic carbocycles. The molecule has 0 aromatic heterocycles. The van der Waals surface area contributed by atoms with Crippen molar-refractivity contribution >= 4 is 0 Å². The van der Waals surface area contributed by atoms with E-state index in [0.29, 0.717) is 0 Å². The minimum Gasteiger partial charge on any atom is -0.314 e. The molecule has 0 rings (SSSR count). The summed E-state index contributed by atoms with van der Waals surface area (Å²) in [6.45, 7) is 5.92. The standard InChI is InChI=1S/C8H19NO/c1-3-5-7-9(10)8-6-4-2/h10H,3-8H2,1-2H3. The van der Waals surface area contributed by atoms with Gasteiger partial charge in [-0.3, -0.25) is 0 Å². The first-order chi connectivity index (χ1) is 4.81. The van der Waals surface area contributed by atoms with E-state index in [2.05, 4.69) is 13.8 Å². The molecule has 2 heteroatoms. The molecule has 0 aliphatic heterocycles. The van der Waals surface area contributed by atoms with Crippen LogP contribution >= 0.6 is 0 Å². The number of unbranched alkanes of at least 4 members (excludes halogenated alkanes) is 2. The third-order valence-corrected chi connectivity index (χ3v) is 1.54. The molecule has 62 valence electrons. The van der Waals surface area contributed by atoms with Crippen molar-refractivity contribution in [2.45, 2.75) is 39.5 Å². The fourth-order valence-corrected chi connectivity index (χ4v) is 0.793. The minimum absolute atomic E-state index is 0.830. The zero-order valence-corrected chi connectivity index (χ0v) is 7.14. The highest BCUT2D eigenvalue weighted by Crippen LogP contribution is 1.94. The Hall–Kier alpha value is -0.0800. The molecular formula is C8H19NO. The van der Waals surface area contributed by atoms with Crippen LogP contribution in [0.3, 0.4) is 0 Å². The minimum atomic E-state index is 0.830. The predicted molar refractivity (Wildman–Crippen MR) is 43.2 cm³/mol. The molecule has 0 unspecified atom stereocenters. The highest BCUT2D eigenvalue weighted by molar-refractivity contribution is 4.44. The highest BCUT2D eigenvalue weighted by Gasteiger charge is 1.96. The monoisotopic (exact) mass is 145 g/mol. The van der Waals surface area contributed by atoms with Crippen LogP contribution in [0.2, 0.25) is 0 Å². The SMILES string of the molecule is CCCCN(O)CCCC. The number of hydrogen-bond acceptors (Lipinski definition) is 2. The lowest BCUT2D eigenvalue weighted by molar-refractivity contribution is -0.0919. The Labute approximate surface area is 63.8 Å². The van der Waals surface area contributed by atoms with Gasteiger partial charge in [-0.25, -0.2) is 0 Å². The van der Waals surface area contributed by atoms with Gasteiger partial charge in [-0.15, -0.1) is 0 Å². The second-order valence-corrected chi connectivity index (χ2v) is 2.66. The molecule has 0 bridgehead atoms. The molecule has 0 aromatic rings. The molecule has 0 amide bonds. The van der Waals surface area contributed by atoms with Crippen LogP contribution in [0.4, 0.5) is 0 Å². The van der Waals surface area contributed by atoms with E-state index < -0.39 is 0 Å². The Kier molecular flexibility index (Phi) is 6.98. The molecule has 0 aliphatic rings. The van der Waals surface area contributed by atoms with Gasteiger partial charge in [0.1, 0.15) is 0 Å². The largest absolute Gasteiger partial charge is 0.314 e. The van der Waals surface area contributed by atoms with Crippen LogP contribution in [0.25, 0.3) is 0 Å². The maximum atomic E-state index is 9.14. The summed E-state index contributed by atoms with van der Waals surface area (Å²) in [7, 11) is 0. The molecule has 10 heavy (non-hydrogen) atoms. The van der Waals surface area contributed by atoms with E-state index in [4.69, 9.17) is 5.21 Å². The second kappa shape index (κ2) is 7.03. The fraction of sp³-hybridized carbons (Fsp3) is 1.00. The first-order valence-corrected chi connectivity index (χ1v) is 4.25. The van der Waals surface area contributed by atoms with Crippen LogP contribution in [0.1, 0.15) is 39.5 Å². The third kappa shape index (κ3) is 6.05. The first-order valence-electron chi connectivity index (χ1n) is 4.25. The van der Waals surface area contributed by atoms with E-state index in [9.17, 15) is 0 Å². The summed E-state index contributed by atoms with van der Waals surface area (Å²) in [6.07, 6.45) is 4.51. The maximum absolute atomic E-state index is 9.14. The predicted octanol–water partition coefficient (Wildman–Crippen LogP) is 2.28. The van der Waals surface area contributed by atoms with Gasteiger partial charge in [0.05, 0.1) is 0 Å². The van der Waals surface area contributed by atoms with E-state index in [1.54, 1.807) is 0 Å². The van der Waals surface area contributed by atoms with Crippen molar-refractivity contribution in [3.63, 3.8) is 0 Å². The second-order valence-electron chi connectivity index (χ2n) is 2.66. The van der Waals surface area contributed by atoms with Crippen molar-refractivity contribution < 1.29 is 5.21 Å². The van der Waals surface area contributed by atoms with E-state index in [1.165, 1.54) is 5.06 Å². The van der Waals surface area contributed by atoms with E-state index in [-0.39, 0.29) is 0 Å². The number of hydroxylamine groups is 2. The molecule has 0 saturated carbocycles. The summed E-state index contributed by atoms with van der Waals surface area (Å²) in [5.74, 6) is 0. The van der Waals surface area contributed by atoms with E-state index in [1.807, 2.05) is 0 Å². The van der Waals surface area contributed by atoms with Crippen LogP contribution in [-0.2, 0) is 0 Å². The molecule has 0 atom stereocenters. The fourth-order valence-electron chi connectivity index (χ4n) is 0.793. The summed E-state index contributed by atoms with van der Waals surface area (Å²) < 4.78 is 0. The smallest absolute Gasteiger partial charge is 0.0238 e. The summed E-state index contributed by atoms with van der Waals surface area (Å²) in [4.78, 5) is 0. The van der Waals surface area contributed by atoms with Crippen LogP contribution in [-0.4, -0.2) is 23.4 Å². The van der Waals surface area contributed by atoms with Crippen LogP contribution in [0.15, 0.2) is 0 Å². The molecule has 0 heterocycles. The summed E-state index contributed by atoms with van der Waals surface area (Å²) in [6, 6.07) is 0. The van der Waals surface area contributed by atoms with Crippen molar-refractivity contribution in [2.75, 3.05) is 13.1 Å². The zero-order chi connectivity index (χ0) is 7.82.